The van der Waals surface area contributed by atoms with Crippen molar-refractivity contribution in [1.29, 1.82) is 0 Å². The lowest BCUT2D eigenvalue weighted by Crippen LogP contribution is -2.17. The van der Waals surface area contributed by atoms with E-state index in [1.165, 1.54) is 18.2 Å². The van der Waals surface area contributed by atoms with Gasteiger partial charge in [-0.25, -0.2) is 19.2 Å². The topological polar surface area (TPSA) is 129 Å². The second-order valence-corrected chi connectivity index (χ2v) is 5.44. The number of anilines is 2. The number of ether oxygens (including phenoxy) is 4. The third-order valence-electron chi connectivity index (χ3n) is 3.27. The number of esters is 4. The summed E-state index contributed by atoms with van der Waals surface area (Å²) in [5, 5.41) is 5.35. The molecule has 1 aromatic rings. The highest BCUT2D eigenvalue weighted by molar-refractivity contribution is 6.36. The molecular weight excluding hydrogens is 408 g/mol. The zero-order chi connectivity index (χ0) is 22.0. The number of carbonyl (C=O) groups is 4. The van der Waals surface area contributed by atoms with Gasteiger partial charge in [-0.2, -0.15) is 0 Å². The molecule has 0 amide bonds. The van der Waals surface area contributed by atoms with Gasteiger partial charge in [0, 0.05) is 0 Å². The van der Waals surface area contributed by atoms with Crippen molar-refractivity contribution in [3.8, 4) is 0 Å². The number of halogens is 1. The van der Waals surface area contributed by atoms with E-state index < -0.39 is 23.9 Å². The van der Waals surface area contributed by atoms with Crippen molar-refractivity contribution in [3.05, 3.63) is 46.8 Å². The van der Waals surface area contributed by atoms with Crippen molar-refractivity contribution in [3.63, 3.8) is 0 Å². The Morgan fingerprint density at radius 2 is 1.14 bits per heavy atom. The molecule has 1 rings (SSSR count). The number of hydrogen-bond acceptors (Lipinski definition) is 10. The van der Waals surface area contributed by atoms with Gasteiger partial charge in [-0.15, -0.1) is 0 Å². The molecule has 1 aromatic carbocycles. The van der Waals surface area contributed by atoms with Gasteiger partial charge < -0.3 is 29.6 Å². The molecule has 0 radical (unpaired) electrons. The van der Waals surface area contributed by atoms with Crippen LogP contribution in [0.5, 0.6) is 0 Å². The van der Waals surface area contributed by atoms with Crippen molar-refractivity contribution < 1.29 is 38.1 Å². The lowest BCUT2D eigenvalue weighted by Gasteiger charge is -2.15. The van der Waals surface area contributed by atoms with E-state index in [0.29, 0.717) is 0 Å². The van der Waals surface area contributed by atoms with Crippen molar-refractivity contribution >= 4 is 46.9 Å². The number of methoxy groups -OCH3 is 4. The Morgan fingerprint density at radius 1 is 0.759 bits per heavy atom. The SMILES string of the molecule is COC(=O)/C=C(/Nc1cccc(N/C(=C/C(=O)OC)C(=O)OC)c1Cl)C(=O)OC. The van der Waals surface area contributed by atoms with E-state index in [0.717, 1.165) is 40.6 Å². The van der Waals surface area contributed by atoms with Crippen molar-refractivity contribution in [2.45, 2.75) is 0 Å². The smallest absolute Gasteiger partial charge is 0.354 e. The monoisotopic (exact) mass is 426 g/mol. The summed E-state index contributed by atoms with van der Waals surface area (Å²) < 4.78 is 18.2. The Labute approximate surface area is 171 Å². The zero-order valence-corrected chi connectivity index (χ0v) is 16.8. The van der Waals surface area contributed by atoms with Crippen LogP contribution in [0.3, 0.4) is 0 Å². The highest BCUT2D eigenvalue weighted by atomic mass is 35.5. The lowest BCUT2D eigenvalue weighted by atomic mass is 10.2. The summed E-state index contributed by atoms with van der Waals surface area (Å²) in [5.41, 5.74) is -0.0904. The molecule has 0 aliphatic heterocycles. The Morgan fingerprint density at radius 3 is 1.45 bits per heavy atom. The van der Waals surface area contributed by atoms with Crippen LogP contribution >= 0.6 is 11.6 Å². The van der Waals surface area contributed by atoms with Gasteiger partial charge in [-0.05, 0) is 12.1 Å². The van der Waals surface area contributed by atoms with Crippen LogP contribution < -0.4 is 10.6 Å². The molecule has 0 spiro atoms. The summed E-state index contributed by atoms with van der Waals surface area (Å²) in [6.45, 7) is 0. The molecule has 0 unspecified atom stereocenters. The molecule has 10 nitrogen and oxygen atoms in total. The molecule has 2 N–H and O–H groups in total. The van der Waals surface area contributed by atoms with Crippen LogP contribution in [0.25, 0.3) is 0 Å². The van der Waals surface area contributed by atoms with E-state index in [1.807, 2.05) is 0 Å². The first-order valence-corrected chi connectivity index (χ1v) is 8.23. The van der Waals surface area contributed by atoms with Gasteiger partial charge in [-0.3, -0.25) is 0 Å². The average molecular weight is 427 g/mol. The van der Waals surface area contributed by atoms with Gasteiger partial charge in [0.1, 0.15) is 11.4 Å². The van der Waals surface area contributed by atoms with Crippen LogP contribution in [0.2, 0.25) is 5.02 Å². The summed E-state index contributed by atoms with van der Waals surface area (Å²) in [5.74, 6) is -3.27. The van der Waals surface area contributed by atoms with Crippen molar-refractivity contribution in [2.24, 2.45) is 0 Å². The van der Waals surface area contributed by atoms with Crippen molar-refractivity contribution in [2.75, 3.05) is 39.1 Å². The molecule has 0 saturated carbocycles. The molecule has 11 heteroatoms. The predicted octanol–water partition coefficient (Wildman–Crippen LogP) is 1.62. The minimum absolute atomic E-state index is 0.0341. The third kappa shape index (κ3) is 6.85. The van der Waals surface area contributed by atoms with Crippen LogP contribution in [0.1, 0.15) is 0 Å². The quantitative estimate of drug-likeness (QED) is 0.359. The zero-order valence-electron chi connectivity index (χ0n) is 16.0. The Kier molecular flexibility index (Phi) is 9.20. The van der Waals surface area contributed by atoms with E-state index in [-0.39, 0.29) is 27.8 Å². The molecule has 0 saturated heterocycles. The number of benzene rings is 1. The standard InChI is InChI=1S/C18H19ClN2O8/c1-26-14(22)8-12(17(24)28-3)20-10-6-5-7-11(16(10)19)21-13(18(25)29-4)9-15(23)27-2/h5-9,20-21H,1-4H3/b12-8+,13-9+. The first-order valence-electron chi connectivity index (χ1n) is 7.85. The van der Waals surface area contributed by atoms with E-state index in [1.54, 1.807) is 0 Å². The van der Waals surface area contributed by atoms with Gasteiger partial charge in [-0.1, -0.05) is 17.7 Å². The molecule has 0 aliphatic rings. The summed E-state index contributed by atoms with van der Waals surface area (Å²) in [6.07, 6.45) is 1.78. The molecular formula is C18H19ClN2O8. The average Bonchev–Trinajstić information content (AvgIpc) is 2.73. The van der Waals surface area contributed by atoms with Crippen LogP contribution in [-0.2, 0) is 38.1 Å². The maximum Gasteiger partial charge on any atom is 0.354 e. The van der Waals surface area contributed by atoms with Crippen molar-refractivity contribution in [1.82, 2.24) is 0 Å². The third-order valence-corrected chi connectivity index (χ3v) is 3.68. The summed E-state index contributed by atoms with van der Waals surface area (Å²) in [4.78, 5) is 46.7. The molecule has 0 aromatic heterocycles. The van der Waals surface area contributed by atoms with Gasteiger partial charge in [0.2, 0.25) is 0 Å². The maximum atomic E-state index is 11.9. The number of rotatable bonds is 8. The lowest BCUT2D eigenvalue weighted by molar-refractivity contribution is -0.138. The van der Waals surface area contributed by atoms with Crippen LogP contribution in [0.15, 0.2) is 41.7 Å². The minimum Gasteiger partial charge on any atom is -0.466 e. The number of carbonyl (C=O) groups excluding carboxylic acids is 4. The fourth-order valence-corrected chi connectivity index (χ4v) is 2.10. The molecule has 0 aliphatic carbocycles. The predicted molar refractivity (Wildman–Crippen MR) is 103 cm³/mol. The Hall–Kier alpha value is -3.53. The maximum absolute atomic E-state index is 11.9. The highest BCUT2D eigenvalue weighted by Gasteiger charge is 2.18. The summed E-state index contributed by atoms with van der Waals surface area (Å²) >= 11 is 6.32. The van der Waals surface area contributed by atoms with Crippen LogP contribution in [-0.4, -0.2) is 52.3 Å². The molecule has 0 heterocycles. The van der Waals surface area contributed by atoms with E-state index in [2.05, 4.69) is 29.6 Å². The second-order valence-electron chi connectivity index (χ2n) is 5.06. The second kappa shape index (κ2) is 11.3. The normalized spacial score (nSPS) is 11.2. The van der Waals surface area contributed by atoms with E-state index in [4.69, 9.17) is 11.6 Å². The largest absolute Gasteiger partial charge is 0.466 e. The van der Waals surface area contributed by atoms with E-state index >= 15 is 0 Å². The molecule has 0 bridgehead atoms. The number of nitrogens with one attached hydrogen (secondary N) is 2. The van der Waals surface area contributed by atoms with Gasteiger partial charge >= 0.3 is 23.9 Å². The van der Waals surface area contributed by atoms with Gasteiger partial charge in [0.25, 0.3) is 0 Å². The Balaban J connectivity index is 3.28. The fraction of sp³-hybridized carbons (Fsp3) is 0.222. The first-order chi connectivity index (χ1) is 13.8. The molecule has 156 valence electrons. The first kappa shape index (κ1) is 23.5. The summed E-state index contributed by atoms with van der Waals surface area (Å²) in [6, 6.07) is 4.55. The van der Waals surface area contributed by atoms with Crippen LogP contribution in [0.4, 0.5) is 11.4 Å². The Bertz CT molecular complexity index is 797. The highest BCUT2D eigenvalue weighted by Crippen LogP contribution is 2.32. The number of hydrogen-bond donors (Lipinski definition) is 2. The van der Waals surface area contributed by atoms with Gasteiger partial charge in [0.15, 0.2) is 0 Å². The van der Waals surface area contributed by atoms with E-state index in [9.17, 15) is 19.2 Å². The van der Waals surface area contributed by atoms with Crippen LogP contribution in [0, 0.1) is 0 Å². The summed E-state index contributed by atoms with van der Waals surface area (Å²) in [7, 11) is 4.56. The molecule has 0 fully saturated rings. The molecule has 0 atom stereocenters. The van der Waals surface area contributed by atoms with Gasteiger partial charge in [0.05, 0.1) is 57.0 Å². The minimum atomic E-state index is -0.842. The molecule has 29 heavy (non-hydrogen) atoms. The fourth-order valence-electron chi connectivity index (χ4n) is 1.88.